The molecule has 0 bridgehead atoms. The molecule has 3 rings (SSSR count). The summed E-state index contributed by atoms with van der Waals surface area (Å²) in [6.07, 6.45) is 1.78. The van der Waals surface area contributed by atoms with Gasteiger partial charge in [-0.15, -0.1) is 0 Å². The predicted molar refractivity (Wildman–Crippen MR) is 117 cm³/mol. The molecule has 1 N–H and O–H groups in total. The molecule has 156 valence electrons. The van der Waals surface area contributed by atoms with E-state index >= 15 is 0 Å². The highest BCUT2D eigenvalue weighted by atomic mass is 19.1. The van der Waals surface area contributed by atoms with E-state index in [0.717, 1.165) is 5.56 Å². The zero-order valence-corrected chi connectivity index (χ0v) is 17.2. The summed E-state index contributed by atoms with van der Waals surface area (Å²) in [5, 5.41) is 12.3. The first kappa shape index (κ1) is 21.6. The largest absolute Gasteiger partial charge is 0.497 e. The summed E-state index contributed by atoms with van der Waals surface area (Å²) < 4.78 is 24.6. The van der Waals surface area contributed by atoms with Crippen LogP contribution in [0.5, 0.6) is 11.5 Å². The fraction of sp³-hybridized carbons (Fsp3) is 0.120. The van der Waals surface area contributed by atoms with Crippen molar-refractivity contribution >= 4 is 17.7 Å². The Kier molecular flexibility index (Phi) is 7.02. The first-order chi connectivity index (χ1) is 15.0. The number of benzene rings is 3. The normalized spacial score (nSPS) is 10.8. The molecule has 0 radical (unpaired) electrons. The van der Waals surface area contributed by atoms with Crippen molar-refractivity contribution in [2.75, 3.05) is 19.5 Å². The number of carbonyl (C=O) groups is 1. The summed E-state index contributed by atoms with van der Waals surface area (Å²) in [5.41, 5.74) is 2.33. The van der Waals surface area contributed by atoms with Crippen LogP contribution in [0, 0.1) is 17.1 Å². The maximum Gasteiger partial charge on any atom is 0.266 e. The van der Waals surface area contributed by atoms with Gasteiger partial charge in [-0.3, -0.25) is 4.79 Å². The Labute approximate surface area is 180 Å². The number of carbonyl (C=O) groups excluding carboxylic acids is 1. The van der Waals surface area contributed by atoms with Gasteiger partial charge in [0.15, 0.2) is 0 Å². The Morgan fingerprint density at radius 1 is 1.00 bits per heavy atom. The van der Waals surface area contributed by atoms with Gasteiger partial charge in [0.2, 0.25) is 0 Å². The van der Waals surface area contributed by atoms with Gasteiger partial charge in [-0.25, -0.2) is 4.39 Å². The summed E-state index contributed by atoms with van der Waals surface area (Å²) in [5.74, 6) is 0.396. The third-order valence-electron chi connectivity index (χ3n) is 4.70. The molecule has 0 spiro atoms. The van der Waals surface area contributed by atoms with Crippen molar-refractivity contribution in [1.82, 2.24) is 0 Å². The van der Waals surface area contributed by atoms with Crippen LogP contribution in [-0.4, -0.2) is 20.1 Å². The first-order valence-corrected chi connectivity index (χ1v) is 9.51. The van der Waals surface area contributed by atoms with E-state index in [-0.39, 0.29) is 17.8 Å². The quantitative estimate of drug-likeness (QED) is 0.436. The van der Waals surface area contributed by atoms with Crippen molar-refractivity contribution in [3.8, 4) is 17.6 Å². The molecule has 5 nitrogen and oxygen atoms in total. The molecule has 0 fully saturated rings. The molecule has 6 heteroatoms. The highest BCUT2D eigenvalue weighted by molar-refractivity contribution is 6.09. The summed E-state index contributed by atoms with van der Waals surface area (Å²) in [7, 11) is 3.10. The fourth-order valence-corrected chi connectivity index (χ4v) is 3.03. The van der Waals surface area contributed by atoms with Crippen LogP contribution >= 0.6 is 0 Å². The number of amides is 1. The lowest BCUT2D eigenvalue weighted by Gasteiger charge is -2.11. The van der Waals surface area contributed by atoms with Crippen LogP contribution < -0.4 is 14.8 Å². The second-order valence-electron chi connectivity index (χ2n) is 6.69. The molecular weight excluding hydrogens is 395 g/mol. The lowest BCUT2D eigenvalue weighted by Crippen LogP contribution is -2.13. The summed E-state index contributed by atoms with van der Waals surface area (Å²) in [6, 6.07) is 20.5. The Balaban J connectivity index is 1.91. The van der Waals surface area contributed by atoms with Crippen molar-refractivity contribution in [1.29, 1.82) is 5.26 Å². The summed E-state index contributed by atoms with van der Waals surface area (Å²) >= 11 is 0. The third-order valence-corrected chi connectivity index (χ3v) is 4.70. The molecule has 0 saturated heterocycles. The van der Waals surface area contributed by atoms with Crippen LogP contribution in [0.1, 0.15) is 16.7 Å². The molecular formula is C25H21FN2O3. The van der Waals surface area contributed by atoms with Crippen LogP contribution in [0.4, 0.5) is 10.1 Å². The van der Waals surface area contributed by atoms with Crippen LogP contribution in [0.15, 0.2) is 72.3 Å². The highest BCUT2D eigenvalue weighted by Gasteiger charge is 2.13. The molecule has 0 saturated carbocycles. The van der Waals surface area contributed by atoms with E-state index < -0.39 is 5.91 Å². The lowest BCUT2D eigenvalue weighted by atomic mass is 9.97. The standard InChI is InChI=1S/C25H21FN2O3/c1-30-22-11-8-21(9-12-22)28-25(29)20(16-27)13-17-7-10-23(31-2)15-19(17)14-18-5-3-4-6-24(18)26/h3-13,15H,14H2,1-2H3,(H,28,29)/b20-13+. The van der Waals surface area contributed by atoms with E-state index in [4.69, 9.17) is 9.47 Å². The van der Waals surface area contributed by atoms with Gasteiger partial charge in [0.25, 0.3) is 5.91 Å². The van der Waals surface area contributed by atoms with Crippen LogP contribution in [-0.2, 0) is 11.2 Å². The lowest BCUT2D eigenvalue weighted by molar-refractivity contribution is -0.112. The number of ether oxygens (including phenoxy) is 2. The minimum absolute atomic E-state index is 0.0734. The molecule has 3 aromatic rings. The van der Waals surface area contributed by atoms with Crippen LogP contribution in [0.3, 0.4) is 0 Å². The molecule has 3 aromatic carbocycles. The van der Waals surface area contributed by atoms with Crippen molar-refractivity contribution in [2.24, 2.45) is 0 Å². The molecule has 0 heterocycles. The second kappa shape index (κ2) is 10.1. The third kappa shape index (κ3) is 5.49. The number of hydrogen-bond acceptors (Lipinski definition) is 4. The number of methoxy groups -OCH3 is 2. The highest BCUT2D eigenvalue weighted by Crippen LogP contribution is 2.24. The molecule has 31 heavy (non-hydrogen) atoms. The molecule has 0 unspecified atom stereocenters. The van der Waals surface area contributed by atoms with Gasteiger partial charge < -0.3 is 14.8 Å². The van der Waals surface area contributed by atoms with Crippen molar-refractivity contribution in [3.63, 3.8) is 0 Å². The monoisotopic (exact) mass is 416 g/mol. The molecule has 0 atom stereocenters. The van der Waals surface area contributed by atoms with Gasteiger partial charge in [-0.2, -0.15) is 5.26 Å². The maximum atomic E-state index is 14.2. The van der Waals surface area contributed by atoms with E-state index in [0.29, 0.717) is 28.3 Å². The minimum Gasteiger partial charge on any atom is -0.497 e. The fourth-order valence-electron chi connectivity index (χ4n) is 3.03. The first-order valence-electron chi connectivity index (χ1n) is 9.51. The average Bonchev–Trinajstić information content (AvgIpc) is 2.80. The van der Waals surface area contributed by atoms with Gasteiger partial charge in [0, 0.05) is 12.1 Å². The van der Waals surface area contributed by atoms with Gasteiger partial charge >= 0.3 is 0 Å². The van der Waals surface area contributed by atoms with Crippen molar-refractivity contribution in [2.45, 2.75) is 6.42 Å². The Morgan fingerprint density at radius 2 is 1.68 bits per heavy atom. The van der Waals surface area contributed by atoms with E-state index in [2.05, 4.69) is 5.32 Å². The van der Waals surface area contributed by atoms with Gasteiger partial charge in [0.1, 0.15) is 29.0 Å². The number of rotatable bonds is 7. The zero-order valence-electron chi connectivity index (χ0n) is 17.2. The molecule has 0 aliphatic rings. The molecule has 1 amide bonds. The molecule has 0 aromatic heterocycles. The van der Waals surface area contributed by atoms with Gasteiger partial charge in [-0.05, 0) is 65.2 Å². The predicted octanol–water partition coefficient (Wildman–Crippen LogP) is 4.98. The number of halogens is 1. The second-order valence-corrected chi connectivity index (χ2v) is 6.69. The zero-order chi connectivity index (χ0) is 22.2. The van der Waals surface area contributed by atoms with Gasteiger partial charge in [-0.1, -0.05) is 24.3 Å². The SMILES string of the molecule is COc1ccc(NC(=O)/C(C#N)=C/c2ccc(OC)cc2Cc2ccccc2F)cc1. The van der Waals surface area contributed by atoms with Crippen molar-refractivity contribution in [3.05, 3.63) is 94.8 Å². The van der Waals surface area contributed by atoms with Crippen LogP contribution in [0.2, 0.25) is 0 Å². The minimum atomic E-state index is -0.541. The number of hydrogen-bond donors (Lipinski definition) is 1. The van der Waals surface area contributed by atoms with E-state index in [1.807, 2.05) is 6.07 Å². The van der Waals surface area contributed by atoms with E-state index in [1.165, 1.54) is 12.1 Å². The average molecular weight is 416 g/mol. The number of nitrogens with one attached hydrogen (secondary N) is 1. The van der Waals surface area contributed by atoms with Gasteiger partial charge in [0.05, 0.1) is 14.2 Å². The number of anilines is 1. The van der Waals surface area contributed by atoms with E-state index in [9.17, 15) is 14.4 Å². The Hall–Kier alpha value is -4.11. The molecule has 0 aliphatic carbocycles. The molecule has 0 aliphatic heterocycles. The number of nitrogens with zero attached hydrogens (tertiary/aromatic N) is 1. The summed E-state index contributed by atoms with van der Waals surface area (Å²) in [6.45, 7) is 0. The Morgan fingerprint density at radius 3 is 2.32 bits per heavy atom. The smallest absolute Gasteiger partial charge is 0.266 e. The Bertz CT molecular complexity index is 1150. The summed E-state index contributed by atoms with van der Waals surface area (Å²) in [4.78, 5) is 12.6. The number of nitriles is 1. The van der Waals surface area contributed by atoms with Crippen molar-refractivity contribution < 1.29 is 18.7 Å². The van der Waals surface area contributed by atoms with Crippen LogP contribution in [0.25, 0.3) is 6.08 Å². The van der Waals surface area contributed by atoms with E-state index in [1.54, 1.807) is 74.9 Å². The topological polar surface area (TPSA) is 71.3 Å². The maximum absolute atomic E-state index is 14.2.